The fourth-order valence-electron chi connectivity index (χ4n) is 3.64. The Balaban J connectivity index is 1.60. The number of thioether (sulfide) groups is 1. The highest BCUT2D eigenvalue weighted by Gasteiger charge is 2.56. The van der Waals surface area contributed by atoms with E-state index in [2.05, 4.69) is 5.32 Å². The number of amides is 2. The number of nitrogens with one attached hydrogen (secondary N) is 1. The smallest absolute Gasteiger partial charge is 0.248 e. The maximum atomic E-state index is 13.3. The van der Waals surface area contributed by atoms with Crippen molar-refractivity contribution in [2.24, 2.45) is 0 Å². The van der Waals surface area contributed by atoms with Gasteiger partial charge in [0.25, 0.3) is 0 Å². The number of nitrogens with zero attached hydrogens (tertiary/aromatic N) is 1. The van der Waals surface area contributed by atoms with E-state index in [1.165, 1.54) is 18.2 Å². The lowest BCUT2D eigenvalue weighted by atomic mass is 10.0. The molecule has 0 unspecified atom stereocenters. The molecule has 2 heterocycles. The maximum Gasteiger partial charge on any atom is 0.248 e. The molecule has 0 radical (unpaired) electrons. The summed E-state index contributed by atoms with van der Waals surface area (Å²) in [6, 6.07) is 13.3. The lowest BCUT2D eigenvalue weighted by Crippen LogP contribution is -2.48. The van der Waals surface area contributed by atoms with Gasteiger partial charge in [-0.1, -0.05) is 41.9 Å². The summed E-state index contributed by atoms with van der Waals surface area (Å²) in [6.45, 7) is 0. The molecular formula is C19H16ClFN2O2S. The number of carbonyl (C=O) groups is 2. The molecule has 2 fully saturated rings. The van der Waals surface area contributed by atoms with Crippen LogP contribution in [0.3, 0.4) is 0 Å². The number of halogens is 2. The van der Waals surface area contributed by atoms with E-state index in [4.69, 9.17) is 11.6 Å². The summed E-state index contributed by atoms with van der Waals surface area (Å²) in [5.41, 5.74) is 1.45. The zero-order valence-corrected chi connectivity index (χ0v) is 15.3. The van der Waals surface area contributed by atoms with Gasteiger partial charge in [-0.3, -0.25) is 9.59 Å². The van der Waals surface area contributed by atoms with E-state index in [1.54, 1.807) is 16.7 Å². The van der Waals surface area contributed by atoms with E-state index >= 15 is 0 Å². The Morgan fingerprint density at radius 1 is 1.27 bits per heavy atom. The quantitative estimate of drug-likeness (QED) is 0.861. The molecule has 0 aliphatic carbocycles. The first-order valence-corrected chi connectivity index (χ1v) is 9.65. The first-order valence-electron chi connectivity index (χ1n) is 8.29. The van der Waals surface area contributed by atoms with E-state index in [9.17, 15) is 14.0 Å². The van der Waals surface area contributed by atoms with Crippen LogP contribution < -0.4 is 5.32 Å². The highest BCUT2D eigenvalue weighted by molar-refractivity contribution is 8.00. The van der Waals surface area contributed by atoms with Crippen molar-refractivity contribution in [1.29, 1.82) is 0 Å². The molecule has 2 aliphatic rings. The van der Waals surface area contributed by atoms with Gasteiger partial charge in [0.2, 0.25) is 11.8 Å². The van der Waals surface area contributed by atoms with Crippen LogP contribution in [0.1, 0.15) is 18.4 Å². The molecule has 2 saturated heterocycles. The predicted molar refractivity (Wildman–Crippen MR) is 100 cm³/mol. The molecule has 7 heteroatoms. The molecule has 0 bridgehead atoms. The van der Waals surface area contributed by atoms with Crippen LogP contribution in [0.15, 0.2) is 48.5 Å². The molecule has 4 rings (SSSR count). The van der Waals surface area contributed by atoms with Gasteiger partial charge in [0.15, 0.2) is 0 Å². The van der Waals surface area contributed by atoms with Crippen LogP contribution in [0, 0.1) is 5.82 Å². The zero-order chi connectivity index (χ0) is 18.3. The van der Waals surface area contributed by atoms with Crippen molar-refractivity contribution in [1.82, 2.24) is 4.90 Å². The Morgan fingerprint density at radius 3 is 2.77 bits per heavy atom. The first kappa shape index (κ1) is 17.4. The number of carbonyl (C=O) groups excluding carboxylic acids is 2. The molecule has 0 aromatic heterocycles. The average Bonchev–Trinajstić information content (AvgIpc) is 3.18. The van der Waals surface area contributed by atoms with Gasteiger partial charge < -0.3 is 10.2 Å². The minimum atomic E-state index is -0.570. The Kier molecular flexibility index (Phi) is 4.40. The number of rotatable bonds is 3. The van der Waals surface area contributed by atoms with Crippen LogP contribution in [0.2, 0.25) is 5.02 Å². The molecule has 134 valence electrons. The van der Waals surface area contributed by atoms with Crippen molar-refractivity contribution in [3.63, 3.8) is 0 Å². The van der Waals surface area contributed by atoms with Crippen LogP contribution in [-0.4, -0.2) is 28.5 Å². The van der Waals surface area contributed by atoms with Gasteiger partial charge in [-0.15, -0.1) is 11.8 Å². The fourth-order valence-corrected chi connectivity index (χ4v) is 5.47. The van der Waals surface area contributed by atoms with Gasteiger partial charge in [0.05, 0.1) is 5.02 Å². The Labute approximate surface area is 159 Å². The maximum absolute atomic E-state index is 13.3. The van der Waals surface area contributed by atoms with Gasteiger partial charge in [0.1, 0.15) is 16.7 Å². The van der Waals surface area contributed by atoms with E-state index < -0.39 is 16.7 Å². The third kappa shape index (κ3) is 2.77. The lowest BCUT2D eigenvalue weighted by molar-refractivity contribution is -0.136. The summed E-state index contributed by atoms with van der Waals surface area (Å²) in [4.78, 5) is 26.6. The van der Waals surface area contributed by atoms with Crippen molar-refractivity contribution in [2.45, 2.75) is 23.8 Å². The molecule has 26 heavy (non-hydrogen) atoms. The third-order valence-corrected chi connectivity index (χ3v) is 6.73. The second-order valence-electron chi connectivity index (χ2n) is 6.36. The largest absolute Gasteiger partial charge is 0.324 e. The Hall–Kier alpha value is -2.05. The second kappa shape index (κ2) is 6.59. The molecule has 0 saturated carbocycles. The number of hydrogen-bond acceptors (Lipinski definition) is 3. The minimum Gasteiger partial charge on any atom is -0.324 e. The molecule has 1 N–H and O–H groups in total. The molecule has 2 aromatic carbocycles. The number of hydrogen-bond donors (Lipinski definition) is 1. The van der Waals surface area contributed by atoms with Crippen molar-refractivity contribution in [3.05, 3.63) is 64.9 Å². The summed E-state index contributed by atoms with van der Waals surface area (Å²) in [5, 5.41) is 2.70. The van der Waals surface area contributed by atoms with Gasteiger partial charge >= 0.3 is 0 Å². The normalized spacial score (nSPS) is 24.6. The highest BCUT2D eigenvalue weighted by atomic mass is 35.5. The van der Waals surface area contributed by atoms with E-state index in [-0.39, 0.29) is 16.8 Å². The lowest BCUT2D eigenvalue weighted by Gasteiger charge is -2.34. The standard InChI is InChI=1S/C19H16ClFN2O2S/c20-14-10-13(6-7-15(14)21)22-18(25)16-11-26-19(9-8-17(24)23(16)19)12-4-2-1-3-5-12/h1-7,10,16H,8-9,11H2,(H,22,25)/t16-,19-/m1/s1. The van der Waals surface area contributed by atoms with Crippen molar-refractivity contribution in [3.8, 4) is 0 Å². The Morgan fingerprint density at radius 2 is 2.04 bits per heavy atom. The van der Waals surface area contributed by atoms with Gasteiger partial charge in [-0.05, 0) is 30.2 Å². The van der Waals surface area contributed by atoms with Crippen molar-refractivity contribution < 1.29 is 14.0 Å². The molecule has 2 aromatic rings. The Bertz CT molecular complexity index is 879. The van der Waals surface area contributed by atoms with Crippen LogP contribution in [0.4, 0.5) is 10.1 Å². The average molecular weight is 391 g/mol. The van der Waals surface area contributed by atoms with Crippen molar-refractivity contribution >= 4 is 40.9 Å². The van der Waals surface area contributed by atoms with Crippen LogP contribution in [0.5, 0.6) is 0 Å². The van der Waals surface area contributed by atoms with Crippen LogP contribution >= 0.6 is 23.4 Å². The molecule has 2 aliphatic heterocycles. The van der Waals surface area contributed by atoms with Gasteiger partial charge in [-0.25, -0.2) is 4.39 Å². The topological polar surface area (TPSA) is 49.4 Å². The van der Waals surface area contributed by atoms with Crippen LogP contribution in [-0.2, 0) is 14.5 Å². The minimum absolute atomic E-state index is 0.0175. The van der Waals surface area contributed by atoms with Gasteiger partial charge in [0, 0.05) is 17.9 Å². The summed E-state index contributed by atoms with van der Waals surface area (Å²) in [5.74, 6) is -0.329. The monoisotopic (exact) mass is 390 g/mol. The summed E-state index contributed by atoms with van der Waals surface area (Å²) in [7, 11) is 0. The van der Waals surface area contributed by atoms with E-state index in [1.807, 2.05) is 30.3 Å². The number of fused-ring (bicyclic) bond motifs is 1. The van der Waals surface area contributed by atoms with E-state index in [0.29, 0.717) is 24.3 Å². The fraction of sp³-hybridized carbons (Fsp3) is 0.263. The van der Waals surface area contributed by atoms with Crippen molar-refractivity contribution in [2.75, 3.05) is 11.1 Å². The predicted octanol–water partition coefficient (Wildman–Crippen LogP) is 4.01. The SMILES string of the molecule is O=C(Nc1ccc(F)c(Cl)c1)[C@H]1CS[C@@]2(c3ccccc3)CCC(=O)N12. The summed E-state index contributed by atoms with van der Waals surface area (Å²) in [6.07, 6.45) is 1.11. The number of anilines is 1. The zero-order valence-electron chi connectivity index (χ0n) is 13.7. The molecular weight excluding hydrogens is 375 g/mol. The van der Waals surface area contributed by atoms with Crippen LogP contribution in [0.25, 0.3) is 0 Å². The third-order valence-electron chi connectivity index (χ3n) is 4.84. The summed E-state index contributed by atoms with van der Waals surface area (Å²) >= 11 is 7.40. The molecule has 2 amide bonds. The molecule has 2 atom stereocenters. The van der Waals surface area contributed by atoms with E-state index in [0.717, 1.165) is 5.56 Å². The molecule has 0 spiro atoms. The second-order valence-corrected chi connectivity index (χ2v) is 8.06. The summed E-state index contributed by atoms with van der Waals surface area (Å²) < 4.78 is 13.3. The number of benzene rings is 2. The first-order chi connectivity index (χ1) is 12.5. The molecule has 4 nitrogen and oxygen atoms in total. The van der Waals surface area contributed by atoms with Gasteiger partial charge in [-0.2, -0.15) is 0 Å². The highest BCUT2D eigenvalue weighted by Crippen LogP contribution is 2.54.